The normalized spacial score (nSPS) is 18.2. The lowest BCUT2D eigenvalue weighted by molar-refractivity contribution is -0.149. The molecule has 1 unspecified atom stereocenters. The number of carbonyl (C=O) groups excluding carboxylic acids is 2. The molecule has 0 radical (unpaired) electrons. The number of esters is 1. The largest absolute Gasteiger partial charge is 0.466 e. The third-order valence-corrected chi connectivity index (χ3v) is 3.59. The lowest BCUT2D eigenvalue weighted by Crippen LogP contribution is -2.43. The summed E-state index contributed by atoms with van der Waals surface area (Å²) in [6, 6.07) is 1.61. The standard InChI is InChI=1S/C15H16F3NO3/c1-2-22-15(21)9-4-3-7-19(8-9)14(20)10-5-6-11(16)13(18)12(10)17/h5-6,9H,2-4,7-8H2,1H3. The molecule has 1 amide bonds. The van der Waals surface area contributed by atoms with Crippen molar-refractivity contribution >= 4 is 11.9 Å². The van der Waals surface area contributed by atoms with Gasteiger partial charge in [-0.3, -0.25) is 9.59 Å². The van der Waals surface area contributed by atoms with Crippen molar-refractivity contribution in [1.29, 1.82) is 0 Å². The smallest absolute Gasteiger partial charge is 0.310 e. The molecular formula is C15H16F3NO3. The molecule has 1 atom stereocenters. The highest BCUT2D eigenvalue weighted by atomic mass is 19.2. The lowest BCUT2D eigenvalue weighted by Gasteiger charge is -2.31. The zero-order chi connectivity index (χ0) is 16.3. The van der Waals surface area contributed by atoms with E-state index in [9.17, 15) is 22.8 Å². The Morgan fingerprint density at radius 2 is 2.00 bits per heavy atom. The average Bonchev–Trinajstić information content (AvgIpc) is 2.52. The van der Waals surface area contributed by atoms with Crippen molar-refractivity contribution in [2.24, 2.45) is 5.92 Å². The monoisotopic (exact) mass is 315 g/mol. The Hall–Kier alpha value is -2.05. The highest BCUT2D eigenvalue weighted by Gasteiger charge is 2.31. The number of piperidine rings is 1. The molecule has 0 spiro atoms. The van der Waals surface area contributed by atoms with E-state index in [1.165, 1.54) is 4.90 Å². The van der Waals surface area contributed by atoms with Crippen molar-refractivity contribution in [3.8, 4) is 0 Å². The van der Waals surface area contributed by atoms with Gasteiger partial charge < -0.3 is 9.64 Å². The molecule has 1 heterocycles. The molecule has 22 heavy (non-hydrogen) atoms. The van der Waals surface area contributed by atoms with Crippen LogP contribution in [0.2, 0.25) is 0 Å². The first kappa shape index (κ1) is 16.3. The lowest BCUT2D eigenvalue weighted by atomic mass is 9.97. The first-order valence-corrected chi connectivity index (χ1v) is 7.05. The van der Waals surface area contributed by atoms with Gasteiger partial charge in [-0.05, 0) is 31.9 Å². The van der Waals surface area contributed by atoms with Crippen LogP contribution in [-0.4, -0.2) is 36.5 Å². The zero-order valence-corrected chi connectivity index (χ0v) is 12.1. The minimum atomic E-state index is -1.68. The van der Waals surface area contributed by atoms with E-state index in [0.29, 0.717) is 25.5 Å². The van der Waals surface area contributed by atoms with Gasteiger partial charge in [-0.15, -0.1) is 0 Å². The molecule has 2 rings (SSSR count). The maximum atomic E-state index is 13.7. The van der Waals surface area contributed by atoms with Gasteiger partial charge in [0.1, 0.15) is 0 Å². The molecular weight excluding hydrogens is 299 g/mol. The molecule has 1 aliphatic rings. The van der Waals surface area contributed by atoms with Crippen molar-refractivity contribution in [2.75, 3.05) is 19.7 Å². The van der Waals surface area contributed by atoms with Gasteiger partial charge in [-0.2, -0.15) is 0 Å². The van der Waals surface area contributed by atoms with Crippen LogP contribution >= 0.6 is 0 Å². The fourth-order valence-electron chi connectivity index (χ4n) is 2.48. The van der Waals surface area contributed by atoms with Gasteiger partial charge >= 0.3 is 5.97 Å². The van der Waals surface area contributed by atoms with Crippen LogP contribution in [0.4, 0.5) is 13.2 Å². The van der Waals surface area contributed by atoms with Crippen molar-refractivity contribution in [2.45, 2.75) is 19.8 Å². The van der Waals surface area contributed by atoms with Gasteiger partial charge in [0, 0.05) is 13.1 Å². The molecule has 0 N–H and O–H groups in total. The number of ether oxygens (including phenoxy) is 1. The molecule has 1 aliphatic heterocycles. The van der Waals surface area contributed by atoms with Crippen LogP contribution in [0.1, 0.15) is 30.1 Å². The van der Waals surface area contributed by atoms with Crippen LogP contribution in [-0.2, 0) is 9.53 Å². The van der Waals surface area contributed by atoms with Gasteiger partial charge in [0.05, 0.1) is 18.1 Å². The molecule has 0 saturated carbocycles. The van der Waals surface area contributed by atoms with Crippen LogP contribution in [0.25, 0.3) is 0 Å². The summed E-state index contributed by atoms with van der Waals surface area (Å²) in [5.41, 5.74) is -0.539. The van der Waals surface area contributed by atoms with Crippen molar-refractivity contribution in [1.82, 2.24) is 4.90 Å². The van der Waals surface area contributed by atoms with E-state index in [-0.39, 0.29) is 13.2 Å². The van der Waals surface area contributed by atoms with E-state index in [2.05, 4.69) is 0 Å². The van der Waals surface area contributed by atoms with E-state index in [0.717, 1.165) is 6.07 Å². The fraction of sp³-hybridized carbons (Fsp3) is 0.467. The summed E-state index contributed by atoms with van der Waals surface area (Å²) in [5.74, 6) is -6.19. The Balaban J connectivity index is 2.16. The van der Waals surface area contributed by atoms with Gasteiger partial charge in [-0.25, -0.2) is 13.2 Å². The minimum absolute atomic E-state index is 0.0795. The summed E-state index contributed by atoms with van der Waals surface area (Å²) in [6.07, 6.45) is 1.13. The molecule has 0 bridgehead atoms. The summed E-state index contributed by atoms with van der Waals surface area (Å²) in [4.78, 5) is 25.2. The van der Waals surface area contributed by atoms with E-state index < -0.39 is 40.8 Å². The maximum absolute atomic E-state index is 13.7. The van der Waals surface area contributed by atoms with E-state index in [1.807, 2.05) is 0 Å². The molecule has 1 saturated heterocycles. The first-order valence-electron chi connectivity index (χ1n) is 7.05. The highest BCUT2D eigenvalue weighted by molar-refractivity contribution is 5.95. The van der Waals surface area contributed by atoms with Crippen molar-refractivity contribution in [3.63, 3.8) is 0 Å². The Morgan fingerprint density at radius 1 is 1.27 bits per heavy atom. The average molecular weight is 315 g/mol. The quantitative estimate of drug-likeness (QED) is 0.636. The molecule has 4 nitrogen and oxygen atoms in total. The second kappa shape index (κ2) is 6.81. The van der Waals surface area contributed by atoms with E-state index in [4.69, 9.17) is 4.74 Å². The van der Waals surface area contributed by atoms with E-state index in [1.54, 1.807) is 6.92 Å². The predicted octanol–water partition coefficient (Wildman–Crippen LogP) is 2.52. The maximum Gasteiger partial charge on any atom is 0.310 e. The number of rotatable bonds is 3. The molecule has 1 aromatic rings. The topological polar surface area (TPSA) is 46.6 Å². The number of amides is 1. The third kappa shape index (κ3) is 3.23. The second-order valence-corrected chi connectivity index (χ2v) is 5.07. The molecule has 1 aromatic carbocycles. The number of halogens is 3. The SMILES string of the molecule is CCOC(=O)C1CCCN(C(=O)c2ccc(F)c(F)c2F)C1. The third-order valence-electron chi connectivity index (χ3n) is 3.59. The fourth-order valence-corrected chi connectivity index (χ4v) is 2.48. The number of nitrogens with zero attached hydrogens (tertiary/aromatic N) is 1. The molecule has 0 aromatic heterocycles. The Morgan fingerprint density at radius 3 is 2.68 bits per heavy atom. The number of hydrogen-bond donors (Lipinski definition) is 0. The molecule has 120 valence electrons. The van der Waals surface area contributed by atoms with Gasteiger partial charge in [-0.1, -0.05) is 0 Å². The van der Waals surface area contributed by atoms with Crippen LogP contribution in [0.15, 0.2) is 12.1 Å². The molecule has 7 heteroatoms. The summed E-state index contributed by atoms with van der Waals surface area (Å²) < 4.78 is 44.7. The van der Waals surface area contributed by atoms with Crippen LogP contribution in [0.5, 0.6) is 0 Å². The molecule has 1 fully saturated rings. The number of carbonyl (C=O) groups is 2. The Labute approximate surface area is 125 Å². The number of benzene rings is 1. The molecule has 0 aliphatic carbocycles. The summed E-state index contributed by atoms with van der Waals surface area (Å²) in [7, 11) is 0. The summed E-state index contributed by atoms with van der Waals surface area (Å²) >= 11 is 0. The predicted molar refractivity (Wildman–Crippen MR) is 71.6 cm³/mol. The number of hydrogen-bond acceptors (Lipinski definition) is 3. The van der Waals surface area contributed by atoms with Crippen molar-refractivity contribution in [3.05, 3.63) is 35.1 Å². The summed E-state index contributed by atoms with van der Waals surface area (Å²) in [6.45, 7) is 2.32. The Bertz CT molecular complexity index is 592. The minimum Gasteiger partial charge on any atom is -0.466 e. The highest BCUT2D eigenvalue weighted by Crippen LogP contribution is 2.22. The number of likely N-dealkylation sites (tertiary alicyclic amines) is 1. The first-order chi connectivity index (χ1) is 10.5. The van der Waals surface area contributed by atoms with Crippen LogP contribution in [0, 0.1) is 23.4 Å². The van der Waals surface area contributed by atoms with Gasteiger partial charge in [0.15, 0.2) is 17.5 Å². The van der Waals surface area contributed by atoms with Gasteiger partial charge in [0.25, 0.3) is 5.91 Å². The summed E-state index contributed by atoms with van der Waals surface area (Å²) in [5, 5.41) is 0. The second-order valence-electron chi connectivity index (χ2n) is 5.07. The van der Waals surface area contributed by atoms with Crippen LogP contribution < -0.4 is 0 Å². The van der Waals surface area contributed by atoms with Gasteiger partial charge in [0.2, 0.25) is 0 Å². The zero-order valence-electron chi connectivity index (χ0n) is 12.1. The Kier molecular flexibility index (Phi) is 5.05. The van der Waals surface area contributed by atoms with Crippen molar-refractivity contribution < 1.29 is 27.5 Å². The van der Waals surface area contributed by atoms with Crippen LogP contribution in [0.3, 0.4) is 0 Å². The van der Waals surface area contributed by atoms with E-state index >= 15 is 0 Å².